The van der Waals surface area contributed by atoms with Gasteiger partial charge in [-0.3, -0.25) is 9.89 Å². The minimum absolute atomic E-state index is 0.0856. The van der Waals surface area contributed by atoms with E-state index in [0.717, 1.165) is 11.3 Å². The van der Waals surface area contributed by atoms with E-state index in [2.05, 4.69) is 11.7 Å². The second-order valence-corrected chi connectivity index (χ2v) is 4.57. The number of rotatable bonds is 2. The van der Waals surface area contributed by atoms with Crippen LogP contribution >= 0.6 is 0 Å². The van der Waals surface area contributed by atoms with Gasteiger partial charge in [-0.05, 0) is 19.1 Å². The smallest absolute Gasteiger partial charge is 0.280 e. The first-order chi connectivity index (χ1) is 8.49. The summed E-state index contributed by atoms with van der Waals surface area (Å²) in [6.07, 6.45) is 1.77. The molecule has 0 aliphatic carbocycles. The summed E-state index contributed by atoms with van der Waals surface area (Å²) in [7, 11) is 3.75. The molecule has 0 saturated heterocycles. The van der Waals surface area contributed by atoms with E-state index in [9.17, 15) is 4.79 Å². The Morgan fingerprint density at radius 3 is 2.44 bits per heavy atom. The quantitative estimate of drug-likeness (QED) is 0.817. The van der Waals surface area contributed by atoms with E-state index in [4.69, 9.17) is 0 Å². The van der Waals surface area contributed by atoms with Gasteiger partial charge in [0.15, 0.2) is 0 Å². The third-order valence-corrected chi connectivity index (χ3v) is 2.68. The number of aromatic nitrogens is 2. The van der Waals surface area contributed by atoms with Crippen LogP contribution in [0.15, 0.2) is 29.1 Å². The fraction of sp³-hybridized carbons (Fsp3) is 0.214. The molecule has 0 bridgehead atoms. The molecule has 0 spiro atoms. The Kier molecular flexibility index (Phi) is 3.10. The molecule has 2 aromatic rings. The maximum absolute atomic E-state index is 12.2. The van der Waals surface area contributed by atoms with Crippen molar-refractivity contribution in [3.05, 3.63) is 50.8 Å². The number of nitrogens with zero attached hydrogens (tertiary/aromatic N) is 2. The van der Waals surface area contributed by atoms with Crippen LogP contribution in [0.25, 0.3) is 18.5 Å². The lowest BCUT2D eigenvalue weighted by Gasteiger charge is -2.01. The van der Waals surface area contributed by atoms with Gasteiger partial charge in [0.25, 0.3) is 5.56 Å². The molecule has 1 heterocycles. The Morgan fingerprint density at radius 1 is 1.28 bits per heavy atom. The standard InChI is InChI=1S/C14H17N3O/c1-10-5-7-12(8-6-10)17-14(18)13(9-16(3)4)11(2)15-17/h5-9,15H,2H2,1,3-4H3. The summed E-state index contributed by atoms with van der Waals surface area (Å²) in [5.74, 6) is 0. The Labute approximate surface area is 105 Å². The van der Waals surface area contributed by atoms with E-state index in [1.807, 2.05) is 50.2 Å². The summed E-state index contributed by atoms with van der Waals surface area (Å²) in [6.45, 7) is 5.88. The molecule has 94 valence electrons. The molecule has 2 rings (SSSR count). The lowest BCUT2D eigenvalue weighted by atomic mass is 10.2. The topological polar surface area (TPSA) is 41.0 Å². The molecule has 0 unspecified atom stereocenters. The lowest BCUT2D eigenvalue weighted by Crippen LogP contribution is -2.35. The third-order valence-electron chi connectivity index (χ3n) is 2.68. The zero-order valence-corrected chi connectivity index (χ0v) is 10.9. The van der Waals surface area contributed by atoms with Crippen molar-refractivity contribution in [2.75, 3.05) is 14.1 Å². The predicted octanol–water partition coefficient (Wildman–Crippen LogP) is 0.184. The van der Waals surface area contributed by atoms with Crippen molar-refractivity contribution in [3.63, 3.8) is 0 Å². The first-order valence-corrected chi connectivity index (χ1v) is 5.74. The first-order valence-electron chi connectivity index (χ1n) is 5.74. The molecule has 0 saturated carbocycles. The summed E-state index contributed by atoms with van der Waals surface area (Å²) >= 11 is 0. The molecule has 0 aliphatic rings. The van der Waals surface area contributed by atoms with Crippen LogP contribution < -0.4 is 16.1 Å². The summed E-state index contributed by atoms with van der Waals surface area (Å²) in [5, 5.41) is 4.19. The fourth-order valence-electron chi connectivity index (χ4n) is 1.76. The van der Waals surface area contributed by atoms with E-state index in [0.29, 0.717) is 10.6 Å². The number of H-pyrrole nitrogens is 1. The SMILES string of the molecule is C=c1[nH]n(-c2ccc(C)cc2)c(=O)c1=CN(C)C. The molecule has 0 aliphatic heterocycles. The summed E-state index contributed by atoms with van der Waals surface area (Å²) < 4.78 is 1.51. The van der Waals surface area contributed by atoms with Crippen molar-refractivity contribution in [3.8, 4) is 5.69 Å². The number of hydrogen-bond acceptors (Lipinski definition) is 2. The van der Waals surface area contributed by atoms with Gasteiger partial charge in [-0.25, -0.2) is 4.68 Å². The molecular formula is C14H17N3O. The molecule has 4 nitrogen and oxygen atoms in total. The van der Waals surface area contributed by atoms with E-state index in [1.165, 1.54) is 4.68 Å². The highest BCUT2D eigenvalue weighted by Crippen LogP contribution is 2.04. The molecule has 4 heteroatoms. The highest BCUT2D eigenvalue weighted by atomic mass is 16.1. The Balaban J connectivity index is 2.65. The maximum atomic E-state index is 12.2. The Hall–Kier alpha value is -2.23. The van der Waals surface area contributed by atoms with Crippen LogP contribution in [-0.4, -0.2) is 28.8 Å². The van der Waals surface area contributed by atoms with Crippen LogP contribution in [0.3, 0.4) is 0 Å². The van der Waals surface area contributed by atoms with Crippen LogP contribution in [0.4, 0.5) is 0 Å². The van der Waals surface area contributed by atoms with Gasteiger partial charge in [0, 0.05) is 20.3 Å². The number of nitrogens with one attached hydrogen (secondary N) is 1. The number of benzene rings is 1. The third kappa shape index (κ3) is 2.22. The Bertz CT molecular complexity index is 705. The molecule has 1 aromatic carbocycles. The molecular weight excluding hydrogens is 226 g/mol. The van der Waals surface area contributed by atoms with Gasteiger partial charge >= 0.3 is 0 Å². The van der Waals surface area contributed by atoms with Crippen molar-refractivity contribution in [2.45, 2.75) is 6.92 Å². The number of aryl methyl sites for hydroxylation is 1. The van der Waals surface area contributed by atoms with Crippen molar-refractivity contribution < 1.29 is 0 Å². The highest BCUT2D eigenvalue weighted by molar-refractivity contribution is 5.34. The van der Waals surface area contributed by atoms with Gasteiger partial charge in [0.1, 0.15) is 0 Å². The second kappa shape index (κ2) is 4.56. The van der Waals surface area contributed by atoms with E-state index in [-0.39, 0.29) is 5.56 Å². The van der Waals surface area contributed by atoms with Crippen LogP contribution in [0.1, 0.15) is 5.56 Å². The van der Waals surface area contributed by atoms with Crippen molar-refractivity contribution in [2.24, 2.45) is 0 Å². The summed E-state index contributed by atoms with van der Waals surface area (Å²) in [6, 6.07) is 7.76. The van der Waals surface area contributed by atoms with Gasteiger partial charge in [0.2, 0.25) is 0 Å². The predicted molar refractivity (Wildman–Crippen MR) is 74.1 cm³/mol. The molecule has 0 radical (unpaired) electrons. The minimum Gasteiger partial charge on any atom is -0.383 e. The second-order valence-electron chi connectivity index (χ2n) is 4.57. The largest absolute Gasteiger partial charge is 0.383 e. The highest BCUT2D eigenvalue weighted by Gasteiger charge is 2.04. The van der Waals surface area contributed by atoms with Gasteiger partial charge in [-0.15, -0.1) is 0 Å². The Morgan fingerprint density at radius 2 is 1.89 bits per heavy atom. The van der Waals surface area contributed by atoms with Gasteiger partial charge < -0.3 is 4.90 Å². The van der Waals surface area contributed by atoms with Crippen LogP contribution in [0.5, 0.6) is 0 Å². The number of aromatic amines is 1. The van der Waals surface area contributed by atoms with Crippen LogP contribution in [0.2, 0.25) is 0 Å². The number of hydrogen-bond donors (Lipinski definition) is 1. The van der Waals surface area contributed by atoms with Crippen LogP contribution in [-0.2, 0) is 0 Å². The molecule has 0 amide bonds. The summed E-state index contributed by atoms with van der Waals surface area (Å²) in [5.41, 5.74) is 1.89. The average molecular weight is 243 g/mol. The normalized spacial score (nSPS) is 11.8. The van der Waals surface area contributed by atoms with E-state index < -0.39 is 0 Å². The zero-order chi connectivity index (χ0) is 13.3. The molecule has 18 heavy (non-hydrogen) atoms. The fourth-order valence-corrected chi connectivity index (χ4v) is 1.76. The molecule has 0 atom stereocenters. The summed E-state index contributed by atoms with van der Waals surface area (Å²) in [4.78, 5) is 14.1. The van der Waals surface area contributed by atoms with E-state index in [1.54, 1.807) is 6.20 Å². The molecule has 0 fully saturated rings. The van der Waals surface area contributed by atoms with E-state index >= 15 is 0 Å². The average Bonchev–Trinajstić information content (AvgIpc) is 2.58. The van der Waals surface area contributed by atoms with Gasteiger partial charge in [-0.1, -0.05) is 24.3 Å². The zero-order valence-electron chi connectivity index (χ0n) is 10.9. The lowest BCUT2D eigenvalue weighted by molar-refractivity contribution is 0.613. The molecule has 1 aromatic heterocycles. The minimum atomic E-state index is -0.0856. The van der Waals surface area contributed by atoms with Crippen molar-refractivity contribution in [1.82, 2.24) is 14.7 Å². The van der Waals surface area contributed by atoms with Crippen molar-refractivity contribution in [1.29, 1.82) is 0 Å². The van der Waals surface area contributed by atoms with Gasteiger partial charge in [-0.2, -0.15) is 0 Å². The van der Waals surface area contributed by atoms with Crippen LogP contribution in [0, 0.1) is 6.92 Å². The maximum Gasteiger partial charge on any atom is 0.280 e. The molecule has 1 N–H and O–H groups in total. The van der Waals surface area contributed by atoms with Crippen molar-refractivity contribution >= 4 is 12.8 Å². The monoisotopic (exact) mass is 243 g/mol. The first kappa shape index (κ1) is 12.2. The van der Waals surface area contributed by atoms with Gasteiger partial charge in [0.05, 0.1) is 16.3 Å².